The average Bonchev–Trinajstić information content (AvgIpc) is 3.34. The van der Waals surface area contributed by atoms with Crippen LogP contribution in [0.3, 0.4) is 0 Å². The van der Waals surface area contributed by atoms with Crippen molar-refractivity contribution in [2.24, 2.45) is 0 Å². The van der Waals surface area contributed by atoms with Gasteiger partial charge in [0.1, 0.15) is 10.6 Å². The maximum Gasteiger partial charge on any atom is 0.345 e. The van der Waals surface area contributed by atoms with E-state index < -0.39 is 5.97 Å². The lowest BCUT2D eigenvalue weighted by Crippen LogP contribution is -2.37. The molecule has 0 unspecified atom stereocenters. The SMILES string of the molecule is COc1ccc2[nH]cc(C3CCN(C(=O)c4ccc(C(=O)O)s4)CC3)c2c1. The van der Waals surface area contributed by atoms with Gasteiger partial charge in [-0.15, -0.1) is 11.3 Å². The first kappa shape index (κ1) is 17.6. The zero-order valence-electron chi connectivity index (χ0n) is 14.9. The summed E-state index contributed by atoms with van der Waals surface area (Å²) in [6.45, 7) is 1.33. The second-order valence-corrected chi connectivity index (χ2v) is 7.77. The Balaban J connectivity index is 1.47. The van der Waals surface area contributed by atoms with Crippen molar-refractivity contribution in [2.45, 2.75) is 18.8 Å². The zero-order chi connectivity index (χ0) is 19.0. The van der Waals surface area contributed by atoms with Crippen LogP contribution in [0.4, 0.5) is 0 Å². The van der Waals surface area contributed by atoms with Crippen molar-refractivity contribution in [1.29, 1.82) is 0 Å². The van der Waals surface area contributed by atoms with Gasteiger partial charge in [-0.25, -0.2) is 4.79 Å². The smallest absolute Gasteiger partial charge is 0.345 e. The molecule has 0 atom stereocenters. The predicted molar refractivity (Wildman–Crippen MR) is 104 cm³/mol. The predicted octanol–water partition coefficient (Wildman–Crippen LogP) is 3.96. The molecule has 27 heavy (non-hydrogen) atoms. The summed E-state index contributed by atoms with van der Waals surface area (Å²) >= 11 is 1.04. The quantitative estimate of drug-likeness (QED) is 0.713. The number of aromatic amines is 1. The molecular formula is C20H20N2O4S. The number of nitrogens with one attached hydrogen (secondary N) is 1. The lowest BCUT2D eigenvalue weighted by molar-refractivity contribution is 0.0699. The summed E-state index contributed by atoms with van der Waals surface area (Å²) in [5.74, 6) is 0.148. The second-order valence-electron chi connectivity index (χ2n) is 6.69. The Kier molecular flexibility index (Phi) is 4.61. The number of hydrogen-bond acceptors (Lipinski definition) is 4. The molecule has 0 saturated carbocycles. The van der Waals surface area contributed by atoms with Gasteiger partial charge in [0.15, 0.2) is 0 Å². The summed E-state index contributed by atoms with van der Waals surface area (Å²) in [5, 5.41) is 10.2. The number of rotatable bonds is 4. The van der Waals surface area contributed by atoms with E-state index >= 15 is 0 Å². The van der Waals surface area contributed by atoms with E-state index in [0.29, 0.717) is 23.9 Å². The molecule has 140 valence electrons. The summed E-state index contributed by atoms with van der Waals surface area (Å²) in [6.07, 6.45) is 3.82. The number of methoxy groups -OCH3 is 1. The standard InChI is InChI=1S/C20H20N2O4S/c1-26-13-2-3-16-14(10-13)15(11-21-16)12-6-8-22(9-7-12)19(23)17-4-5-18(27-17)20(24)25/h2-5,10-12,21H,6-9H2,1H3,(H,24,25). The fraction of sp³-hybridized carbons (Fsp3) is 0.300. The van der Waals surface area contributed by atoms with Gasteiger partial charge in [0.25, 0.3) is 5.91 Å². The van der Waals surface area contributed by atoms with Gasteiger partial charge in [-0.3, -0.25) is 4.79 Å². The minimum Gasteiger partial charge on any atom is -0.497 e. The molecule has 1 fully saturated rings. The number of benzene rings is 1. The lowest BCUT2D eigenvalue weighted by Gasteiger charge is -2.31. The summed E-state index contributed by atoms with van der Waals surface area (Å²) in [6, 6.07) is 9.11. The minimum absolute atomic E-state index is 0.0773. The van der Waals surface area contributed by atoms with Crippen LogP contribution in [-0.2, 0) is 0 Å². The fourth-order valence-corrected chi connectivity index (χ4v) is 4.52. The normalized spacial score (nSPS) is 15.2. The summed E-state index contributed by atoms with van der Waals surface area (Å²) in [5.41, 5.74) is 2.35. The molecule has 0 aliphatic carbocycles. The average molecular weight is 384 g/mol. The molecule has 4 rings (SSSR count). The lowest BCUT2D eigenvalue weighted by atomic mass is 9.89. The topological polar surface area (TPSA) is 82.6 Å². The molecular weight excluding hydrogens is 364 g/mol. The van der Waals surface area contributed by atoms with Crippen LogP contribution < -0.4 is 4.74 Å². The highest BCUT2D eigenvalue weighted by atomic mass is 32.1. The number of aromatic carboxylic acids is 1. The van der Waals surface area contributed by atoms with Gasteiger partial charge in [-0.05, 0) is 54.7 Å². The Bertz CT molecular complexity index is 999. The monoisotopic (exact) mass is 384 g/mol. The molecule has 2 aromatic heterocycles. The van der Waals surface area contributed by atoms with Gasteiger partial charge in [0.05, 0.1) is 12.0 Å². The molecule has 0 bridgehead atoms. The highest BCUT2D eigenvalue weighted by Crippen LogP contribution is 2.35. The van der Waals surface area contributed by atoms with E-state index in [1.807, 2.05) is 17.0 Å². The largest absolute Gasteiger partial charge is 0.497 e. The van der Waals surface area contributed by atoms with Gasteiger partial charge in [-0.2, -0.15) is 0 Å². The highest BCUT2D eigenvalue weighted by molar-refractivity contribution is 7.15. The van der Waals surface area contributed by atoms with Crippen LogP contribution >= 0.6 is 11.3 Å². The number of carbonyl (C=O) groups excluding carboxylic acids is 1. The number of nitrogens with zero attached hydrogens (tertiary/aromatic N) is 1. The zero-order valence-corrected chi connectivity index (χ0v) is 15.7. The molecule has 7 heteroatoms. The fourth-order valence-electron chi connectivity index (χ4n) is 3.70. The molecule has 0 radical (unpaired) electrons. The molecule has 3 heterocycles. The number of carboxylic acids is 1. The first-order valence-electron chi connectivity index (χ1n) is 8.84. The van der Waals surface area contributed by atoms with Crippen LogP contribution in [0, 0.1) is 0 Å². The third-order valence-electron chi connectivity index (χ3n) is 5.17. The van der Waals surface area contributed by atoms with Gasteiger partial charge in [-0.1, -0.05) is 0 Å². The number of carboxylic acid groups (broad SMARTS) is 1. The number of fused-ring (bicyclic) bond motifs is 1. The number of piperidine rings is 1. The molecule has 1 aliphatic rings. The molecule has 1 amide bonds. The van der Waals surface area contributed by atoms with Crippen LogP contribution in [0.2, 0.25) is 0 Å². The van der Waals surface area contributed by atoms with E-state index in [2.05, 4.69) is 17.2 Å². The summed E-state index contributed by atoms with van der Waals surface area (Å²) < 4.78 is 5.34. The van der Waals surface area contributed by atoms with Crippen molar-refractivity contribution in [3.05, 3.63) is 51.8 Å². The molecule has 1 saturated heterocycles. The number of aromatic nitrogens is 1. The van der Waals surface area contributed by atoms with Crippen LogP contribution in [-0.4, -0.2) is 47.1 Å². The van der Waals surface area contributed by atoms with Crippen molar-refractivity contribution in [3.8, 4) is 5.75 Å². The van der Waals surface area contributed by atoms with Crippen molar-refractivity contribution < 1.29 is 19.4 Å². The Morgan fingerprint density at radius 3 is 2.59 bits per heavy atom. The number of hydrogen-bond donors (Lipinski definition) is 2. The van der Waals surface area contributed by atoms with E-state index in [4.69, 9.17) is 9.84 Å². The van der Waals surface area contributed by atoms with E-state index in [9.17, 15) is 9.59 Å². The summed E-state index contributed by atoms with van der Waals surface area (Å²) in [4.78, 5) is 29.5. The minimum atomic E-state index is -0.993. The van der Waals surface area contributed by atoms with Crippen LogP contribution in [0.25, 0.3) is 10.9 Å². The van der Waals surface area contributed by atoms with Crippen LogP contribution in [0.5, 0.6) is 5.75 Å². The van der Waals surface area contributed by atoms with Gasteiger partial charge >= 0.3 is 5.97 Å². The number of likely N-dealkylation sites (tertiary alicyclic amines) is 1. The molecule has 6 nitrogen and oxygen atoms in total. The van der Waals surface area contributed by atoms with Gasteiger partial charge in [0.2, 0.25) is 0 Å². The van der Waals surface area contributed by atoms with Gasteiger partial charge in [0, 0.05) is 30.2 Å². The van der Waals surface area contributed by atoms with Crippen molar-refractivity contribution in [3.63, 3.8) is 0 Å². The summed E-state index contributed by atoms with van der Waals surface area (Å²) in [7, 11) is 1.66. The molecule has 3 aromatic rings. The second kappa shape index (κ2) is 7.08. The van der Waals surface area contributed by atoms with Crippen LogP contribution in [0.15, 0.2) is 36.5 Å². The van der Waals surface area contributed by atoms with Crippen LogP contribution in [0.1, 0.15) is 43.7 Å². The maximum atomic E-state index is 12.6. The van der Waals surface area contributed by atoms with Crippen molar-refractivity contribution >= 4 is 34.1 Å². The van der Waals surface area contributed by atoms with E-state index in [1.165, 1.54) is 17.0 Å². The molecule has 0 spiro atoms. The number of H-pyrrole nitrogens is 1. The third kappa shape index (κ3) is 3.30. The first-order chi connectivity index (χ1) is 13.1. The maximum absolute atomic E-state index is 12.6. The molecule has 2 N–H and O–H groups in total. The first-order valence-corrected chi connectivity index (χ1v) is 9.66. The van der Waals surface area contributed by atoms with E-state index in [1.54, 1.807) is 13.2 Å². The Labute approximate surface area is 160 Å². The number of ether oxygens (including phenoxy) is 1. The van der Waals surface area contributed by atoms with Crippen molar-refractivity contribution in [1.82, 2.24) is 9.88 Å². The highest BCUT2D eigenvalue weighted by Gasteiger charge is 2.27. The van der Waals surface area contributed by atoms with Gasteiger partial charge < -0.3 is 19.7 Å². The van der Waals surface area contributed by atoms with Crippen molar-refractivity contribution in [2.75, 3.05) is 20.2 Å². The number of carbonyl (C=O) groups is 2. The number of amides is 1. The third-order valence-corrected chi connectivity index (χ3v) is 6.23. The number of thiophene rings is 1. The van der Waals surface area contributed by atoms with E-state index in [-0.39, 0.29) is 10.8 Å². The Morgan fingerprint density at radius 1 is 1.19 bits per heavy atom. The Hall–Kier alpha value is -2.80. The molecule has 1 aromatic carbocycles. The van der Waals surface area contributed by atoms with E-state index in [0.717, 1.165) is 35.4 Å². The molecule has 1 aliphatic heterocycles. The Morgan fingerprint density at radius 2 is 1.93 bits per heavy atom.